The molecule has 0 saturated heterocycles. The molecule has 3 nitrogen and oxygen atoms in total. The average Bonchev–Trinajstić information content (AvgIpc) is 2.26. The van der Waals surface area contributed by atoms with Gasteiger partial charge in [0.1, 0.15) is 0 Å². The quantitative estimate of drug-likeness (QED) is 0.795. The predicted molar refractivity (Wildman–Crippen MR) is 64.9 cm³/mol. The molecule has 0 spiro atoms. The van der Waals surface area contributed by atoms with Crippen LogP contribution in [0.4, 0.5) is 0 Å². The normalized spacial score (nSPS) is 13.6. The molecule has 1 atom stereocenters. The number of aliphatic hydroxyl groups is 2. The van der Waals surface area contributed by atoms with E-state index in [2.05, 4.69) is 24.9 Å². The number of hydrogen-bond acceptors (Lipinski definition) is 3. The maximum atomic E-state index is 9.31. The van der Waals surface area contributed by atoms with E-state index in [1.165, 1.54) is 0 Å². The van der Waals surface area contributed by atoms with Gasteiger partial charge in [0.05, 0.1) is 18.4 Å². The molecule has 0 aliphatic carbocycles. The summed E-state index contributed by atoms with van der Waals surface area (Å²) >= 11 is 0. The Labute approximate surface area is 96.5 Å². The van der Waals surface area contributed by atoms with Crippen molar-refractivity contribution in [2.24, 2.45) is 5.92 Å². The third kappa shape index (κ3) is 4.55. The third-order valence-electron chi connectivity index (χ3n) is 2.14. The van der Waals surface area contributed by atoms with Gasteiger partial charge in [0.15, 0.2) is 0 Å². The number of hydrogen-bond donors (Lipinski definition) is 2. The fourth-order valence-electron chi connectivity index (χ4n) is 1.30. The fourth-order valence-corrected chi connectivity index (χ4v) is 1.30. The minimum Gasteiger partial charge on any atom is -0.394 e. The van der Waals surface area contributed by atoms with Gasteiger partial charge in [-0.1, -0.05) is 26.0 Å². The SMILES string of the molecule is CC(C)/C=C/c1cccc(CC(O)CO)n1. The van der Waals surface area contributed by atoms with Crippen LogP contribution in [0.25, 0.3) is 6.08 Å². The van der Waals surface area contributed by atoms with E-state index in [1.54, 1.807) is 0 Å². The zero-order valence-corrected chi connectivity index (χ0v) is 9.80. The zero-order valence-electron chi connectivity index (χ0n) is 9.80. The highest BCUT2D eigenvalue weighted by atomic mass is 16.3. The Kier molecular flexibility index (Phi) is 5.15. The molecule has 1 aromatic heterocycles. The van der Waals surface area contributed by atoms with Crippen LogP contribution in [0.2, 0.25) is 0 Å². The standard InChI is InChI=1S/C13H19NO2/c1-10(2)6-7-11-4-3-5-12(14-11)8-13(16)9-15/h3-7,10,13,15-16H,8-9H2,1-2H3/b7-6+. The van der Waals surface area contributed by atoms with Gasteiger partial charge in [0.2, 0.25) is 0 Å². The van der Waals surface area contributed by atoms with Gasteiger partial charge in [0, 0.05) is 12.1 Å². The minimum atomic E-state index is -0.725. The first-order valence-corrected chi connectivity index (χ1v) is 5.55. The van der Waals surface area contributed by atoms with Gasteiger partial charge in [-0.3, -0.25) is 4.98 Å². The molecule has 0 radical (unpaired) electrons. The lowest BCUT2D eigenvalue weighted by atomic mass is 10.1. The molecule has 1 rings (SSSR count). The van der Waals surface area contributed by atoms with Crippen LogP contribution in [-0.4, -0.2) is 27.9 Å². The summed E-state index contributed by atoms with van der Waals surface area (Å²) in [6.07, 6.45) is 3.71. The number of allylic oxidation sites excluding steroid dienone is 1. The van der Waals surface area contributed by atoms with Crippen LogP contribution in [0.1, 0.15) is 25.2 Å². The Morgan fingerprint density at radius 1 is 1.38 bits per heavy atom. The number of aromatic nitrogens is 1. The number of rotatable bonds is 5. The second kappa shape index (κ2) is 6.40. The molecular formula is C13H19NO2. The lowest BCUT2D eigenvalue weighted by molar-refractivity contribution is 0.0947. The van der Waals surface area contributed by atoms with Crippen molar-refractivity contribution < 1.29 is 10.2 Å². The number of aliphatic hydroxyl groups excluding tert-OH is 2. The van der Waals surface area contributed by atoms with Crippen molar-refractivity contribution in [1.82, 2.24) is 4.98 Å². The average molecular weight is 221 g/mol. The van der Waals surface area contributed by atoms with Crippen molar-refractivity contribution in [3.63, 3.8) is 0 Å². The maximum absolute atomic E-state index is 9.31. The summed E-state index contributed by atoms with van der Waals surface area (Å²) in [5.41, 5.74) is 1.68. The van der Waals surface area contributed by atoms with E-state index in [-0.39, 0.29) is 6.61 Å². The van der Waals surface area contributed by atoms with Crippen molar-refractivity contribution in [3.8, 4) is 0 Å². The Bertz CT molecular complexity index is 348. The summed E-state index contributed by atoms with van der Waals surface area (Å²) < 4.78 is 0. The largest absolute Gasteiger partial charge is 0.394 e. The summed E-state index contributed by atoms with van der Waals surface area (Å²) in [6.45, 7) is 3.99. The van der Waals surface area contributed by atoms with Gasteiger partial charge in [0.25, 0.3) is 0 Å². The minimum absolute atomic E-state index is 0.228. The van der Waals surface area contributed by atoms with Crippen LogP contribution in [-0.2, 0) is 6.42 Å². The lowest BCUT2D eigenvalue weighted by Crippen LogP contribution is -2.15. The van der Waals surface area contributed by atoms with Crippen molar-refractivity contribution in [1.29, 1.82) is 0 Å². The van der Waals surface area contributed by atoms with Crippen LogP contribution in [0.5, 0.6) is 0 Å². The van der Waals surface area contributed by atoms with E-state index in [9.17, 15) is 5.11 Å². The molecule has 0 amide bonds. The second-order valence-corrected chi connectivity index (χ2v) is 4.20. The van der Waals surface area contributed by atoms with E-state index in [1.807, 2.05) is 24.3 Å². The molecule has 1 unspecified atom stereocenters. The molecule has 0 aliphatic rings. The fraction of sp³-hybridized carbons (Fsp3) is 0.462. The highest BCUT2D eigenvalue weighted by Crippen LogP contribution is 2.06. The molecule has 0 aromatic carbocycles. The molecular weight excluding hydrogens is 202 g/mol. The summed E-state index contributed by atoms with van der Waals surface area (Å²) in [4.78, 5) is 4.37. The Hall–Kier alpha value is -1.19. The molecule has 88 valence electrons. The topological polar surface area (TPSA) is 53.4 Å². The van der Waals surface area contributed by atoms with Crippen molar-refractivity contribution >= 4 is 6.08 Å². The lowest BCUT2D eigenvalue weighted by Gasteiger charge is -2.06. The molecule has 1 heterocycles. The Morgan fingerprint density at radius 2 is 2.12 bits per heavy atom. The van der Waals surface area contributed by atoms with Crippen LogP contribution in [0.3, 0.4) is 0 Å². The third-order valence-corrected chi connectivity index (χ3v) is 2.14. The summed E-state index contributed by atoms with van der Waals surface area (Å²) in [5, 5.41) is 18.1. The highest BCUT2D eigenvalue weighted by Gasteiger charge is 2.04. The summed E-state index contributed by atoms with van der Waals surface area (Å²) in [5.74, 6) is 0.494. The van der Waals surface area contributed by atoms with E-state index < -0.39 is 6.10 Å². The molecule has 0 bridgehead atoms. The van der Waals surface area contributed by atoms with E-state index in [0.29, 0.717) is 12.3 Å². The van der Waals surface area contributed by atoms with Gasteiger partial charge in [-0.05, 0) is 24.1 Å². The van der Waals surface area contributed by atoms with E-state index >= 15 is 0 Å². The van der Waals surface area contributed by atoms with Crippen LogP contribution in [0, 0.1) is 5.92 Å². The van der Waals surface area contributed by atoms with Crippen LogP contribution in [0.15, 0.2) is 24.3 Å². The van der Waals surface area contributed by atoms with Crippen molar-refractivity contribution in [2.45, 2.75) is 26.4 Å². The number of nitrogens with zero attached hydrogens (tertiary/aromatic N) is 1. The van der Waals surface area contributed by atoms with Gasteiger partial charge < -0.3 is 10.2 Å². The van der Waals surface area contributed by atoms with Gasteiger partial charge in [-0.25, -0.2) is 0 Å². The molecule has 3 heteroatoms. The summed E-state index contributed by atoms with van der Waals surface area (Å²) in [7, 11) is 0. The predicted octanol–water partition coefficient (Wildman–Crippen LogP) is 1.65. The molecule has 2 N–H and O–H groups in total. The van der Waals surface area contributed by atoms with Crippen LogP contribution >= 0.6 is 0 Å². The van der Waals surface area contributed by atoms with E-state index in [0.717, 1.165) is 11.4 Å². The first kappa shape index (κ1) is 12.9. The van der Waals surface area contributed by atoms with Crippen molar-refractivity contribution in [2.75, 3.05) is 6.61 Å². The van der Waals surface area contributed by atoms with Crippen LogP contribution < -0.4 is 0 Å². The van der Waals surface area contributed by atoms with E-state index in [4.69, 9.17) is 5.11 Å². The monoisotopic (exact) mass is 221 g/mol. The smallest absolute Gasteiger partial charge is 0.0826 e. The molecule has 0 saturated carbocycles. The maximum Gasteiger partial charge on any atom is 0.0826 e. The molecule has 1 aromatic rings. The van der Waals surface area contributed by atoms with Crippen molar-refractivity contribution in [3.05, 3.63) is 35.7 Å². The summed E-state index contributed by atoms with van der Waals surface area (Å²) in [6, 6.07) is 5.69. The Balaban J connectivity index is 2.71. The molecule has 0 fully saturated rings. The Morgan fingerprint density at radius 3 is 2.75 bits per heavy atom. The van der Waals surface area contributed by atoms with Gasteiger partial charge >= 0.3 is 0 Å². The number of pyridine rings is 1. The molecule has 16 heavy (non-hydrogen) atoms. The first-order valence-electron chi connectivity index (χ1n) is 5.55. The highest BCUT2D eigenvalue weighted by molar-refractivity contribution is 5.44. The van der Waals surface area contributed by atoms with Gasteiger partial charge in [-0.15, -0.1) is 0 Å². The van der Waals surface area contributed by atoms with Gasteiger partial charge in [-0.2, -0.15) is 0 Å². The molecule has 0 aliphatic heterocycles. The first-order chi connectivity index (χ1) is 7.61. The zero-order chi connectivity index (χ0) is 12.0. The second-order valence-electron chi connectivity index (χ2n) is 4.20.